The first-order chi connectivity index (χ1) is 9.76. The number of anilines is 1. The van der Waals surface area contributed by atoms with E-state index in [0.717, 1.165) is 17.0 Å². The average molecular weight is 270 g/mol. The van der Waals surface area contributed by atoms with Gasteiger partial charge in [-0.15, -0.1) is 0 Å². The summed E-state index contributed by atoms with van der Waals surface area (Å²) in [4.78, 5) is 4.33. The van der Waals surface area contributed by atoms with Gasteiger partial charge in [0.15, 0.2) is 12.2 Å². The van der Waals surface area contributed by atoms with Crippen LogP contribution in [0.4, 0.5) is 5.69 Å². The van der Waals surface area contributed by atoms with E-state index in [-0.39, 0.29) is 6.61 Å². The molecule has 5 heteroatoms. The Balaban J connectivity index is 1.74. The molecule has 0 saturated carbocycles. The molecule has 2 N–H and O–H groups in total. The Morgan fingerprint density at radius 3 is 2.55 bits per heavy atom. The summed E-state index contributed by atoms with van der Waals surface area (Å²) in [5, 5.41) is 0. The van der Waals surface area contributed by atoms with Gasteiger partial charge >= 0.3 is 0 Å². The Kier molecular flexibility index (Phi) is 3.16. The van der Waals surface area contributed by atoms with E-state index in [9.17, 15) is 0 Å². The highest BCUT2D eigenvalue weighted by Crippen LogP contribution is 2.23. The predicted molar refractivity (Wildman–Crippen MR) is 75.7 cm³/mol. The Hall–Kier alpha value is -2.69. The van der Waals surface area contributed by atoms with Crippen molar-refractivity contribution in [1.29, 1.82) is 0 Å². The minimum Gasteiger partial charge on any atom is -0.497 e. The molecule has 0 aliphatic carbocycles. The second kappa shape index (κ2) is 5.13. The van der Waals surface area contributed by atoms with Crippen molar-refractivity contribution >= 4 is 16.8 Å². The van der Waals surface area contributed by atoms with Gasteiger partial charge in [-0.25, -0.2) is 4.98 Å². The van der Waals surface area contributed by atoms with Crippen molar-refractivity contribution in [1.82, 2.24) is 4.98 Å². The number of benzene rings is 2. The third-order valence-corrected chi connectivity index (χ3v) is 2.91. The summed E-state index contributed by atoms with van der Waals surface area (Å²) in [6, 6.07) is 12.8. The van der Waals surface area contributed by atoms with Crippen LogP contribution < -0.4 is 15.2 Å². The first kappa shape index (κ1) is 12.3. The molecule has 0 aliphatic rings. The highest BCUT2D eigenvalue weighted by atomic mass is 16.5. The van der Waals surface area contributed by atoms with E-state index in [1.54, 1.807) is 13.2 Å². The number of methoxy groups -OCH3 is 1. The largest absolute Gasteiger partial charge is 0.497 e. The summed E-state index contributed by atoms with van der Waals surface area (Å²) in [6.07, 6.45) is 0. The normalized spacial score (nSPS) is 10.7. The first-order valence-corrected chi connectivity index (χ1v) is 6.17. The van der Waals surface area contributed by atoms with Gasteiger partial charge in [0.25, 0.3) is 0 Å². The van der Waals surface area contributed by atoms with Crippen LogP contribution in [0.5, 0.6) is 11.5 Å². The van der Waals surface area contributed by atoms with Crippen molar-refractivity contribution in [2.75, 3.05) is 12.8 Å². The van der Waals surface area contributed by atoms with E-state index in [0.29, 0.717) is 17.2 Å². The predicted octanol–water partition coefficient (Wildman–Crippen LogP) is 3.00. The number of hydrogen-bond acceptors (Lipinski definition) is 5. The van der Waals surface area contributed by atoms with E-state index in [2.05, 4.69) is 4.98 Å². The van der Waals surface area contributed by atoms with Crippen molar-refractivity contribution in [2.45, 2.75) is 6.61 Å². The molecule has 2 aromatic carbocycles. The number of ether oxygens (including phenoxy) is 2. The summed E-state index contributed by atoms with van der Waals surface area (Å²) in [6.45, 7) is 0.250. The third kappa shape index (κ3) is 2.38. The quantitative estimate of drug-likeness (QED) is 0.738. The number of nitrogen functional groups attached to an aromatic ring is 1. The zero-order valence-electron chi connectivity index (χ0n) is 11.0. The van der Waals surface area contributed by atoms with E-state index < -0.39 is 0 Å². The van der Waals surface area contributed by atoms with E-state index in [1.807, 2.05) is 36.4 Å². The molecule has 0 atom stereocenters. The molecular formula is C15H14N2O3. The maximum Gasteiger partial charge on any atom is 0.233 e. The van der Waals surface area contributed by atoms with Crippen molar-refractivity contribution in [3.05, 3.63) is 48.4 Å². The van der Waals surface area contributed by atoms with E-state index in [1.165, 1.54) is 0 Å². The molecule has 20 heavy (non-hydrogen) atoms. The van der Waals surface area contributed by atoms with Gasteiger partial charge in [-0.05, 0) is 36.4 Å². The molecule has 3 rings (SSSR count). The molecule has 0 saturated heterocycles. The Labute approximate surface area is 115 Å². The van der Waals surface area contributed by atoms with Crippen LogP contribution in [0.3, 0.4) is 0 Å². The zero-order chi connectivity index (χ0) is 13.9. The van der Waals surface area contributed by atoms with Crippen LogP contribution in [-0.4, -0.2) is 12.1 Å². The molecule has 0 fully saturated rings. The molecule has 0 aliphatic heterocycles. The van der Waals surface area contributed by atoms with Crippen LogP contribution in [-0.2, 0) is 6.61 Å². The van der Waals surface area contributed by atoms with Gasteiger partial charge in [0.1, 0.15) is 17.0 Å². The van der Waals surface area contributed by atoms with Gasteiger partial charge < -0.3 is 19.6 Å². The summed E-state index contributed by atoms with van der Waals surface area (Å²) in [5.41, 5.74) is 7.73. The number of hydrogen-bond donors (Lipinski definition) is 1. The molecule has 5 nitrogen and oxygen atoms in total. The highest BCUT2D eigenvalue weighted by molar-refractivity contribution is 5.84. The summed E-state index contributed by atoms with van der Waals surface area (Å²) < 4.78 is 16.3. The smallest absolute Gasteiger partial charge is 0.233 e. The van der Waals surface area contributed by atoms with E-state index in [4.69, 9.17) is 19.6 Å². The third-order valence-electron chi connectivity index (χ3n) is 2.91. The zero-order valence-corrected chi connectivity index (χ0v) is 11.0. The molecule has 0 unspecified atom stereocenters. The fourth-order valence-corrected chi connectivity index (χ4v) is 1.90. The van der Waals surface area contributed by atoms with Crippen LogP contribution in [0.25, 0.3) is 11.1 Å². The molecule has 102 valence electrons. The van der Waals surface area contributed by atoms with Gasteiger partial charge in [0.05, 0.1) is 12.8 Å². The fourth-order valence-electron chi connectivity index (χ4n) is 1.90. The van der Waals surface area contributed by atoms with Crippen LogP contribution in [0, 0.1) is 0 Å². The van der Waals surface area contributed by atoms with Gasteiger partial charge in [-0.1, -0.05) is 6.07 Å². The lowest BCUT2D eigenvalue weighted by Crippen LogP contribution is -1.95. The average Bonchev–Trinajstić information content (AvgIpc) is 2.90. The topological polar surface area (TPSA) is 70.5 Å². The second-order valence-electron chi connectivity index (χ2n) is 4.27. The maximum atomic E-state index is 5.82. The van der Waals surface area contributed by atoms with Crippen LogP contribution in [0.1, 0.15) is 5.89 Å². The fraction of sp³-hybridized carbons (Fsp3) is 0.133. The molecule has 0 spiro atoms. The standard InChI is InChI=1S/C15H14N2O3/c1-18-10-5-7-11(8-6-10)19-9-14-17-13-4-2-3-12(16)15(13)20-14/h2-8H,9,16H2,1H3. The number of aromatic nitrogens is 1. The minimum absolute atomic E-state index is 0.250. The molecule has 1 heterocycles. The maximum absolute atomic E-state index is 5.82. The molecule has 1 aromatic heterocycles. The van der Waals surface area contributed by atoms with Crippen LogP contribution in [0.2, 0.25) is 0 Å². The molecule has 0 amide bonds. The highest BCUT2D eigenvalue weighted by Gasteiger charge is 2.08. The summed E-state index contributed by atoms with van der Waals surface area (Å²) in [7, 11) is 1.62. The van der Waals surface area contributed by atoms with Crippen molar-refractivity contribution < 1.29 is 13.9 Å². The lowest BCUT2D eigenvalue weighted by atomic mass is 10.3. The monoisotopic (exact) mass is 270 g/mol. The van der Waals surface area contributed by atoms with Crippen molar-refractivity contribution in [3.63, 3.8) is 0 Å². The Morgan fingerprint density at radius 1 is 1.10 bits per heavy atom. The summed E-state index contributed by atoms with van der Waals surface area (Å²) in [5.74, 6) is 2.00. The number of fused-ring (bicyclic) bond motifs is 1. The van der Waals surface area contributed by atoms with Gasteiger partial charge in [0, 0.05) is 0 Å². The number of rotatable bonds is 4. The number of nitrogens with zero attached hydrogens (tertiary/aromatic N) is 1. The summed E-state index contributed by atoms with van der Waals surface area (Å²) >= 11 is 0. The Morgan fingerprint density at radius 2 is 1.85 bits per heavy atom. The van der Waals surface area contributed by atoms with Gasteiger partial charge in [-0.2, -0.15) is 0 Å². The van der Waals surface area contributed by atoms with Crippen molar-refractivity contribution in [3.8, 4) is 11.5 Å². The van der Waals surface area contributed by atoms with Gasteiger partial charge in [-0.3, -0.25) is 0 Å². The molecule has 0 radical (unpaired) electrons. The van der Waals surface area contributed by atoms with Gasteiger partial charge in [0.2, 0.25) is 5.89 Å². The lowest BCUT2D eigenvalue weighted by Gasteiger charge is -2.04. The second-order valence-corrected chi connectivity index (χ2v) is 4.27. The molecule has 3 aromatic rings. The van der Waals surface area contributed by atoms with E-state index >= 15 is 0 Å². The minimum atomic E-state index is 0.250. The van der Waals surface area contributed by atoms with Crippen LogP contribution in [0.15, 0.2) is 46.9 Å². The van der Waals surface area contributed by atoms with Crippen LogP contribution >= 0.6 is 0 Å². The van der Waals surface area contributed by atoms with Crippen molar-refractivity contribution in [2.24, 2.45) is 0 Å². The number of nitrogens with two attached hydrogens (primary N) is 1. The number of oxazole rings is 1. The molecule has 0 bridgehead atoms. The molecular weight excluding hydrogens is 256 g/mol. The SMILES string of the molecule is COc1ccc(OCc2nc3cccc(N)c3o2)cc1. The number of para-hydroxylation sites is 1. The first-order valence-electron chi connectivity index (χ1n) is 6.17. The Bertz CT molecular complexity index is 720. The lowest BCUT2D eigenvalue weighted by molar-refractivity contribution is 0.267.